The van der Waals surface area contributed by atoms with Crippen LogP contribution in [0, 0.1) is 25.5 Å². The van der Waals surface area contributed by atoms with Crippen molar-refractivity contribution in [2.45, 2.75) is 13.8 Å². The van der Waals surface area contributed by atoms with E-state index in [1.165, 1.54) is 6.07 Å². The number of hydrogen-bond acceptors (Lipinski definition) is 3. The smallest absolute Gasteiger partial charge is 0.263 e. The molecule has 166 valence electrons. The van der Waals surface area contributed by atoms with E-state index in [4.69, 9.17) is 40.2 Å². The minimum Gasteiger partial charge on any atom is -0.454 e. The third kappa shape index (κ3) is 5.38. The maximum atomic E-state index is 13.8. The van der Waals surface area contributed by atoms with Crippen molar-refractivity contribution >= 4 is 68.1 Å². The van der Waals surface area contributed by atoms with E-state index in [1.54, 1.807) is 38.1 Å². The maximum Gasteiger partial charge on any atom is 0.263 e. The molecule has 1 amide bonds. The molecule has 0 saturated carbocycles. The lowest BCUT2D eigenvalue weighted by molar-refractivity contribution is 0.0969. The Kier molecular flexibility index (Phi) is 7.71. The first kappa shape index (κ1) is 24.4. The Bertz CT molecular complexity index is 1220. The Hall–Kier alpha value is -2.26. The van der Waals surface area contributed by atoms with Crippen LogP contribution >= 0.6 is 51.3 Å². The van der Waals surface area contributed by atoms with Crippen molar-refractivity contribution in [1.82, 2.24) is 5.32 Å². The van der Waals surface area contributed by atoms with Crippen LogP contribution < -0.4 is 15.4 Å². The molecule has 10 heteroatoms. The number of ether oxygens (including phenoxy) is 1. The molecule has 0 aliphatic rings. The van der Waals surface area contributed by atoms with Crippen LogP contribution in [0.5, 0.6) is 11.5 Å². The largest absolute Gasteiger partial charge is 0.454 e. The molecule has 0 bridgehead atoms. The molecule has 0 atom stereocenters. The third-order valence-electron chi connectivity index (χ3n) is 4.42. The summed E-state index contributed by atoms with van der Waals surface area (Å²) in [6, 6.07) is 9.95. The summed E-state index contributed by atoms with van der Waals surface area (Å²) in [5.74, 6) is -2.04. The van der Waals surface area contributed by atoms with E-state index in [0.717, 1.165) is 12.1 Å². The first-order valence-electron chi connectivity index (χ1n) is 9.07. The van der Waals surface area contributed by atoms with Gasteiger partial charge in [0, 0.05) is 10.7 Å². The highest BCUT2D eigenvalue weighted by atomic mass is 79.9. The van der Waals surface area contributed by atoms with Gasteiger partial charge in [0.2, 0.25) is 0 Å². The second-order valence-corrected chi connectivity index (χ2v) is 8.77. The summed E-state index contributed by atoms with van der Waals surface area (Å²) < 4.78 is 34.3. The lowest BCUT2D eigenvalue weighted by Crippen LogP contribution is -2.35. The van der Waals surface area contributed by atoms with Crippen molar-refractivity contribution in [3.8, 4) is 11.5 Å². The molecule has 0 aliphatic carbocycles. The summed E-state index contributed by atoms with van der Waals surface area (Å²) >= 11 is 21.0. The molecule has 4 nitrogen and oxygen atoms in total. The molecule has 3 aromatic rings. The van der Waals surface area contributed by atoms with Gasteiger partial charge in [-0.1, -0.05) is 29.3 Å². The Morgan fingerprint density at radius 1 is 1.09 bits per heavy atom. The van der Waals surface area contributed by atoms with Gasteiger partial charge in [0.05, 0.1) is 9.50 Å². The Balaban J connectivity index is 1.80. The topological polar surface area (TPSA) is 50.4 Å². The Morgan fingerprint density at radius 2 is 1.75 bits per heavy atom. The number of thiocarbonyl (C=S) groups is 1. The van der Waals surface area contributed by atoms with Crippen LogP contribution in [-0.4, -0.2) is 11.0 Å². The van der Waals surface area contributed by atoms with E-state index in [9.17, 15) is 13.6 Å². The number of halogens is 5. The zero-order chi connectivity index (χ0) is 23.6. The first-order valence-corrected chi connectivity index (χ1v) is 11.0. The molecule has 32 heavy (non-hydrogen) atoms. The second kappa shape index (κ2) is 10.1. The molecule has 0 unspecified atom stereocenters. The summed E-state index contributed by atoms with van der Waals surface area (Å²) in [6.45, 7) is 3.51. The van der Waals surface area contributed by atoms with Gasteiger partial charge in [-0.15, -0.1) is 0 Å². The van der Waals surface area contributed by atoms with E-state index in [2.05, 4.69) is 26.6 Å². The molecule has 2 N–H and O–H groups in total. The summed E-state index contributed by atoms with van der Waals surface area (Å²) in [7, 11) is 0. The molecule has 0 radical (unpaired) electrons. The van der Waals surface area contributed by atoms with Crippen molar-refractivity contribution in [2.75, 3.05) is 5.32 Å². The van der Waals surface area contributed by atoms with Crippen LogP contribution in [-0.2, 0) is 0 Å². The maximum absolute atomic E-state index is 13.8. The van der Waals surface area contributed by atoms with Gasteiger partial charge in [-0.3, -0.25) is 10.1 Å². The molecule has 0 spiro atoms. The third-order valence-corrected chi connectivity index (χ3v) is 5.94. The van der Waals surface area contributed by atoms with Crippen molar-refractivity contribution in [1.29, 1.82) is 0 Å². The van der Waals surface area contributed by atoms with Gasteiger partial charge >= 0.3 is 0 Å². The first-order chi connectivity index (χ1) is 15.1. The number of aryl methyl sites for hydroxylation is 1. The molecule has 0 aliphatic heterocycles. The van der Waals surface area contributed by atoms with Crippen LogP contribution in [0.1, 0.15) is 21.5 Å². The van der Waals surface area contributed by atoms with E-state index >= 15 is 0 Å². The van der Waals surface area contributed by atoms with E-state index in [0.29, 0.717) is 42.8 Å². The van der Waals surface area contributed by atoms with Crippen LogP contribution in [0.4, 0.5) is 14.5 Å². The fourth-order valence-corrected chi connectivity index (χ4v) is 4.06. The second-order valence-electron chi connectivity index (χ2n) is 6.69. The number of carbonyl (C=O) groups excluding carboxylic acids is 1. The van der Waals surface area contributed by atoms with Gasteiger partial charge in [-0.2, -0.15) is 0 Å². The standard InChI is InChI=1S/C22H15BrCl2F2N2O2S/c1-10-8-16(28-22(32)29-21(30)18-14(26)4-3-5-15(18)27)11(2)19(25)20(10)31-17-7-6-12(24)9-13(17)23/h3-9H,1-2H3,(H2,28,29,30,32). The monoisotopic (exact) mass is 558 g/mol. The van der Waals surface area contributed by atoms with Gasteiger partial charge in [0.15, 0.2) is 5.11 Å². The number of benzene rings is 3. The quantitative estimate of drug-likeness (QED) is 0.324. The van der Waals surface area contributed by atoms with Crippen molar-refractivity contribution in [3.05, 3.63) is 85.3 Å². The number of rotatable bonds is 4. The SMILES string of the molecule is Cc1cc(NC(=S)NC(=O)c2c(F)cccc2F)c(C)c(Cl)c1Oc1ccc(Cl)cc1Br. The fraction of sp³-hybridized carbons (Fsp3) is 0.0909. The lowest BCUT2D eigenvalue weighted by atomic mass is 10.1. The molecule has 0 heterocycles. The summed E-state index contributed by atoms with van der Waals surface area (Å²) in [5, 5.41) is 5.82. The predicted molar refractivity (Wildman–Crippen MR) is 130 cm³/mol. The van der Waals surface area contributed by atoms with Crippen LogP contribution in [0.2, 0.25) is 10.0 Å². The molecule has 3 rings (SSSR count). The number of hydrogen-bond donors (Lipinski definition) is 2. The molecule has 0 aromatic heterocycles. The Morgan fingerprint density at radius 3 is 2.38 bits per heavy atom. The van der Waals surface area contributed by atoms with Gasteiger partial charge in [0.25, 0.3) is 5.91 Å². The highest BCUT2D eigenvalue weighted by Gasteiger charge is 2.20. The van der Waals surface area contributed by atoms with Crippen LogP contribution in [0.3, 0.4) is 0 Å². The molecular formula is C22H15BrCl2F2N2O2S. The molecule has 0 fully saturated rings. The summed E-state index contributed by atoms with van der Waals surface area (Å²) in [5.41, 5.74) is 1.04. The average molecular weight is 560 g/mol. The van der Waals surface area contributed by atoms with Gasteiger partial charge < -0.3 is 10.1 Å². The van der Waals surface area contributed by atoms with E-state index < -0.39 is 23.1 Å². The van der Waals surface area contributed by atoms with Crippen LogP contribution in [0.15, 0.2) is 46.9 Å². The van der Waals surface area contributed by atoms with Gasteiger partial charge in [-0.05, 0) is 89.5 Å². The van der Waals surface area contributed by atoms with Crippen molar-refractivity contribution < 1.29 is 18.3 Å². The fourth-order valence-electron chi connectivity index (χ4n) is 2.81. The minimum absolute atomic E-state index is 0.148. The molecule has 0 saturated heterocycles. The van der Waals surface area contributed by atoms with Gasteiger partial charge in [0.1, 0.15) is 28.7 Å². The van der Waals surface area contributed by atoms with Crippen molar-refractivity contribution in [2.24, 2.45) is 0 Å². The summed E-state index contributed by atoms with van der Waals surface area (Å²) in [6.07, 6.45) is 0. The normalized spacial score (nSPS) is 10.6. The average Bonchev–Trinajstić information content (AvgIpc) is 2.70. The van der Waals surface area contributed by atoms with Gasteiger partial charge in [-0.25, -0.2) is 8.78 Å². The number of anilines is 1. The van der Waals surface area contributed by atoms with E-state index in [1.807, 2.05) is 0 Å². The zero-order valence-electron chi connectivity index (χ0n) is 16.7. The predicted octanol–water partition coefficient (Wildman–Crippen LogP) is 7.57. The van der Waals surface area contributed by atoms with E-state index in [-0.39, 0.29) is 5.11 Å². The Labute approximate surface area is 207 Å². The molecular weight excluding hydrogens is 545 g/mol. The number of carbonyl (C=O) groups is 1. The highest BCUT2D eigenvalue weighted by Crippen LogP contribution is 2.41. The molecule has 3 aromatic carbocycles. The minimum atomic E-state index is -1.01. The number of nitrogens with one attached hydrogen (secondary N) is 2. The number of amides is 1. The van der Waals surface area contributed by atoms with Crippen molar-refractivity contribution in [3.63, 3.8) is 0 Å². The van der Waals surface area contributed by atoms with Crippen LogP contribution in [0.25, 0.3) is 0 Å². The highest BCUT2D eigenvalue weighted by molar-refractivity contribution is 9.10. The lowest BCUT2D eigenvalue weighted by Gasteiger charge is -2.18. The summed E-state index contributed by atoms with van der Waals surface area (Å²) in [4.78, 5) is 12.2. The zero-order valence-corrected chi connectivity index (χ0v) is 20.6.